The molecule has 1 fully saturated rings. The van der Waals surface area contributed by atoms with Crippen molar-refractivity contribution in [2.45, 2.75) is 51.9 Å². The molecule has 2 heterocycles. The number of pyridine rings is 1. The Morgan fingerprint density at radius 3 is 2.85 bits per heavy atom. The normalized spacial score (nSPS) is 16.4. The standard InChI is InChI=1S/C20H23N3O4/c1-3-23(14-6-4-5-7-14)17(24)11-26-20(25)15-10-16(13-8-9-13)21-19-18(15)12(2)22-27-19/h6,10,13H,3-5,7-9,11H2,1-2H3. The number of likely N-dealkylation sites (N-methyl/N-ethyl adjacent to an activating group) is 1. The lowest BCUT2D eigenvalue weighted by Gasteiger charge is -2.22. The first-order chi connectivity index (χ1) is 13.1. The second-order valence-electron chi connectivity index (χ2n) is 7.12. The van der Waals surface area contributed by atoms with Gasteiger partial charge in [0.05, 0.1) is 16.6 Å². The zero-order chi connectivity index (χ0) is 19.0. The number of amides is 1. The van der Waals surface area contributed by atoms with E-state index >= 15 is 0 Å². The van der Waals surface area contributed by atoms with Gasteiger partial charge in [-0.15, -0.1) is 0 Å². The fraction of sp³-hybridized carbons (Fsp3) is 0.500. The highest BCUT2D eigenvalue weighted by Gasteiger charge is 2.29. The van der Waals surface area contributed by atoms with Gasteiger partial charge in [-0.25, -0.2) is 9.78 Å². The summed E-state index contributed by atoms with van der Waals surface area (Å²) in [6.45, 7) is 3.97. The van der Waals surface area contributed by atoms with Crippen molar-refractivity contribution < 1.29 is 18.8 Å². The zero-order valence-corrected chi connectivity index (χ0v) is 15.7. The van der Waals surface area contributed by atoms with Gasteiger partial charge in [-0.1, -0.05) is 11.2 Å². The molecule has 0 aromatic carbocycles. The van der Waals surface area contributed by atoms with E-state index in [1.165, 1.54) is 0 Å². The smallest absolute Gasteiger partial charge is 0.339 e. The van der Waals surface area contributed by atoms with Crippen LogP contribution in [0.2, 0.25) is 0 Å². The topological polar surface area (TPSA) is 85.5 Å². The summed E-state index contributed by atoms with van der Waals surface area (Å²) in [7, 11) is 0. The number of allylic oxidation sites excluding steroid dienone is 2. The number of hydrogen-bond donors (Lipinski definition) is 0. The Hall–Kier alpha value is -2.70. The van der Waals surface area contributed by atoms with Crippen LogP contribution in [-0.2, 0) is 9.53 Å². The average molecular weight is 369 g/mol. The number of aromatic nitrogens is 2. The molecule has 0 radical (unpaired) electrons. The van der Waals surface area contributed by atoms with E-state index in [-0.39, 0.29) is 12.5 Å². The quantitative estimate of drug-likeness (QED) is 0.725. The highest BCUT2D eigenvalue weighted by Crippen LogP contribution is 2.40. The molecule has 4 rings (SSSR count). The molecule has 1 amide bonds. The van der Waals surface area contributed by atoms with Crippen molar-refractivity contribution >= 4 is 23.0 Å². The summed E-state index contributed by atoms with van der Waals surface area (Å²) in [6, 6.07) is 1.76. The highest BCUT2D eigenvalue weighted by molar-refractivity contribution is 6.03. The summed E-state index contributed by atoms with van der Waals surface area (Å²) in [4.78, 5) is 31.4. The third kappa shape index (κ3) is 3.46. The number of carbonyl (C=O) groups is 2. The zero-order valence-electron chi connectivity index (χ0n) is 15.7. The van der Waals surface area contributed by atoms with Gasteiger partial charge in [-0.2, -0.15) is 0 Å². The van der Waals surface area contributed by atoms with Crippen molar-refractivity contribution in [1.29, 1.82) is 0 Å². The number of nitrogens with zero attached hydrogens (tertiary/aromatic N) is 3. The summed E-state index contributed by atoms with van der Waals surface area (Å²) in [6.07, 6.45) is 7.13. The fourth-order valence-electron chi connectivity index (χ4n) is 3.58. The number of carbonyl (C=O) groups excluding carboxylic acids is 2. The van der Waals surface area contributed by atoms with Gasteiger partial charge < -0.3 is 14.2 Å². The first kappa shape index (κ1) is 17.7. The molecule has 0 unspecified atom stereocenters. The van der Waals surface area contributed by atoms with Crippen LogP contribution >= 0.6 is 0 Å². The lowest BCUT2D eigenvalue weighted by Crippen LogP contribution is -2.33. The van der Waals surface area contributed by atoms with E-state index in [0.717, 1.165) is 43.5 Å². The largest absolute Gasteiger partial charge is 0.452 e. The van der Waals surface area contributed by atoms with E-state index in [1.807, 2.05) is 6.92 Å². The maximum Gasteiger partial charge on any atom is 0.339 e. The molecule has 0 spiro atoms. The van der Waals surface area contributed by atoms with Crippen LogP contribution in [0.5, 0.6) is 0 Å². The number of fused-ring (bicyclic) bond motifs is 1. The Balaban J connectivity index is 1.52. The van der Waals surface area contributed by atoms with Gasteiger partial charge in [-0.3, -0.25) is 4.79 Å². The van der Waals surface area contributed by atoms with Crippen LogP contribution in [0.1, 0.15) is 66.7 Å². The number of aryl methyl sites for hydroxylation is 1. The van der Waals surface area contributed by atoms with Crippen LogP contribution in [0, 0.1) is 6.92 Å². The maximum absolute atomic E-state index is 12.7. The molecule has 2 aliphatic carbocycles. The fourth-order valence-corrected chi connectivity index (χ4v) is 3.58. The Morgan fingerprint density at radius 2 is 2.19 bits per heavy atom. The van der Waals surface area contributed by atoms with Gasteiger partial charge in [-0.05, 0) is 52.0 Å². The molecule has 142 valence electrons. The third-order valence-electron chi connectivity index (χ3n) is 5.16. The SMILES string of the molecule is CCN(C(=O)COC(=O)c1cc(C2CC2)nc2onc(C)c12)C1=CCCC1. The lowest BCUT2D eigenvalue weighted by atomic mass is 10.1. The minimum atomic E-state index is -0.541. The number of hydrogen-bond acceptors (Lipinski definition) is 6. The van der Waals surface area contributed by atoms with E-state index in [0.29, 0.717) is 34.8 Å². The van der Waals surface area contributed by atoms with Crippen molar-refractivity contribution in [3.8, 4) is 0 Å². The number of rotatable bonds is 6. The predicted octanol–water partition coefficient (Wildman–Crippen LogP) is 3.48. The highest BCUT2D eigenvalue weighted by atomic mass is 16.5. The van der Waals surface area contributed by atoms with Crippen molar-refractivity contribution in [2.24, 2.45) is 0 Å². The monoisotopic (exact) mass is 369 g/mol. The maximum atomic E-state index is 12.7. The Kier molecular flexibility index (Phi) is 4.68. The molecule has 2 aliphatic rings. The number of esters is 1. The van der Waals surface area contributed by atoms with Gasteiger partial charge in [0, 0.05) is 23.9 Å². The molecule has 0 N–H and O–H groups in total. The summed E-state index contributed by atoms with van der Waals surface area (Å²) in [5.74, 6) is -0.382. The van der Waals surface area contributed by atoms with E-state index in [9.17, 15) is 9.59 Å². The molecule has 2 aromatic heterocycles. The molecular weight excluding hydrogens is 346 g/mol. The minimum absolute atomic E-state index is 0.200. The molecule has 27 heavy (non-hydrogen) atoms. The van der Waals surface area contributed by atoms with Crippen molar-refractivity contribution in [3.63, 3.8) is 0 Å². The summed E-state index contributed by atoms with van der Waals surface area (Å²) in [5, 5.41) is 4.48. The Labute approximate surface area is 157 Å². The number of ether oxygens (including phenoxy) is 1. The van der Waals surface area contributed by atoms with Crippen LogP contribution in [0.25, 0.3) is 11.1 Å². The van der Waals surface area contributed by atoms with Crippen LogP contribution < -0.4 is 0 Å². The second kappa shape index (κ2) is 7.13. The van der Waals surface area contributed by atoms with Crippen molar-refractivity contribution in [1.82, 2.24) is 15.0 Å². The van der Waals surface area contributed by atoms with E-state index in [2.05, 4.69) is 16.2 Å². The molecule has 0 aliphatic heterocycles. The molecule has 7 heteroatoms. The van der Waals surface area contributed by atoms with Gasteiger partial charge in [0.2, 0.25) is 0 Å². The van der Waals surface area contributed by atoms with Gasteiger partial charge in [0.25, 0.3) is 11.6 Å². The van der Waals surface area contributed by atoms with Crippen LogP contribution in [-0.4, -0.2) is 40.1 Å². The van der Waals surface area contributed by atoms with Gasteiger partial charge in [0.1, 0.15) is 0 Å². The molecule has 7 nitrogen and oxygen atoms in total. The van der Waals surface area contributed by atoms with Crippen LogP contribution in [0.4, 0.5) is 0 Å². The van der Waals surface area contributed by atoms with Crippen LogP contribution in [0.3, 0.4) is 0 Å². The molecule has 2 aromatic rings. The molecule has 1 saturated carbocycles. The van der Waals surface area contributed by atoms with Crippen molar-refractivity contribution in [3.05, 3.63) is 34.8 Å². The van der Waals surface area contributed by atoms with Gasteiger partial charge in [0.15, 0.2) is 6.61 Å². The average Bonchev–Trinajstić information content (AvgIpc) is 3.27. The minimum Gasteiger partial charge on any atom is -0.452 e. The summed E-state index contributed by atoms with van der Waals surface area (Å²) >= 11 is 0. The first-order valence-corrected chi connectivity index (χ1v) is 9.52. The lowest BCUT2D eigenvalue weighted by molar-refractivity contribution is -0.132. The third-order valence-corrected chi connectivity index (χ3v) is 5.16. The second-order valence-corrected chi connectivity index (χ2v) is 7.12. The van der Waals surface area contributed by atoms with E-state index in [4.69, 9.17) is 9.26 Å². The summed E-state index contributed by atoms with van der Waals surface area (Å²) in [5.41, 5.74) is 3.15. The molecule has 0 atom stereocenters. The van der Waals surface area contributed by atoms with Crippen LogP contribution in [0.15, 0.2) is 22.4 Å². The van der Waals surface area contributed by atoms with E-state index in [1.54, 1.807) is 17.9 Å². The van der Waals surface area contributed by atoms with Gasteiger partial charge >= 0.3 is 5.97 Å². The van der Waals surface area contributed by atoms with E-state index < -0.39 is 5.97 Å². The molecule has 0 bridgehead atoms. The van der Waals surface area contributed by atoms with Crippen molar-refractivity contribution in [2.75, 3.05) is 13.2 Å². The Bertz CT molecular complexity index is 927. The summed E-state index contributed by atoms with van der Waals surface area (Å²) < 4.78 is 10.6. The molecule has 0 saturated heterocycles. The first-order valence-electron chi connectivity index (χ1n) is 9.52. The predicted molar refractivity (Wildman–Crippen MR) is 98.1 cm³/mol. The molecular formula is C20H23N3O4. The Morgan fingerprint density at radius 1 is 1.37 bits per heavy atom.